The van der Waals surface area contributed by atoms with Crippen LogP contribution in [0.1, 0.15) is 26.2 Å². The fraction of sp³-hybridized carbons (Fsp3) is 0.625. The van der Waals surface area contributed by atoms with E-state index in [2.05, 4.69) is 47.1 Å². The van der Waals surface area contributed by atoms with Crippen LogP contribution in [-0.4, -0.2) is 37.1 Å². The van der Waals surface area contributed by atoms with Crippen molar-refractivity contribution < 1.29 is 0 Å². The standard InChI is InChI=1S/C16H24N2/c1-14-7-8-16(13-14)18-11-9-17(10-12-18)15-5-3-2-4-6-15/h2-6,14,16H,7-13H2,1H3/t14-,16+/m1/s1. The largest absolute Gasteiger partial charge is 0.369 e. The minimum atomic E-state index is 0.873. The molecule has 1 aliphatic carbocycles. The summed E-state index contributed by atoms with van der Waals surface area (Å²) in [6.45, 7) is 7.27. The Morgan fingerprint density at radius 2 is 1.67 bits per heavy atom. The Morgan fingerprint density at radius 1 is 0.944 bits per heavy atom. The lowest BCUT2D eigenvalue weighted by atomic mass is 10.1. The van der Waals surface area contributed by atoms with Crippen molar-refractivity contribution in [1.29, 1.82) is 0 Å². The van der Waals surface area contributed by atoms with E-state index in [9.17, 15) is 0 Å². The summed E-state index contributed by atoms with van der Waals surface area (Å²) in [4.78, 5) is 5.25. The van der Waals surface area contributed by atoms with E-state index in [0.717, 1.165) is 12.0 Å². The van der Waals surface area contributed by atoms with Crippen LogP contribution < -0.4 is 4.90 Å². The minimum Gasteiger partial charge on any atom is -0.369 e. The highest BCUT2D eigenvalue weighted by atomic mass is 15.3. The maximum absolute atomic E-state index is 2.73. The van der Waals surface area contributed by atoms with Crippen LogP contribution in [0.15, 0.2) is 30.3 Å². The number of nitrogens with zero attached hydrogens (tertiary/aromatic N) is 2. The van der Waals surface area contributed by atoms with Gasteiger partial charge in [-0.05, 0) is 37.3 Å². The summed E-state index contributed by atoms with van der Waals surface area (Å²) in [7, 11) is 0. The first-order chi connectivity index (χ1) is 8.83. The molecule has 0 unspecified atom stereocenters. The zero-order valence-electron chi connectivity index (χ0n) is 11.4. The van der Waals surface area contributed by atoms with Gasteiger partial charge in [0.25, 0.3) is 0 Å². The highest BCUT2D eigenvalue weighted by Crippen LogP contribution is 2.29. The minimum absolute atomic E-state index is 0.873. The van der Waals surface area contributed by atoms with Crippen molar-refractivity contribution in [3.05, 3.63) is 30.3 Å². The van der Waals surface area contributed by atoms with Gasteiger partial charge in [-0.2, -0.15) is 0 Å². The Balaban J connectivity index is 1.55. The van der Waals surface area contributed by atoms with E-state index in [1.54, 1.807) is 0 Å². The van der Waals surface area contributed by atoms with Crippen molar-refractivity contribution in [3.8, 4) is 0 Å². The van der Waals surface area contributed by atoms with Gasteiger partial charge < -0.3 is 4.90 Å². The zero-order chi connectivity index (χ0) is 12.4. The van der Waals surface area contributed by atoms with Gasteiger partial charge in [0.05, 0.1) is 0 Å². The highest BCUT2D eigenvalue weighted by molar-refractivity contribution is 5.46. The van der Waals surface area contributed by atoms with E-state index in [1.807, 2.05) is 0 Å². The molecule has 3 rings (SSSR count). The van der Waals surface area contributed by atoms with Crippen LogP contribution in [0.25, 0.3) is 0 Å². The van der Waals surface area contributed by atoms with E-state index in [4.69, 9.17) is 0 Å². The van der Waals surface area contributed by atoms with E-state index in [1.165, 1.54) is 51.1 Å². The van der Waals surface area contributed by atoms with Gasteiger partial charge in [0.1, 0.15) is 0 Å². The molecule has 2 atom stereocenters. The zero-order valence-corrected chi connectivity index (χ0v) is 11.4. The van der Waals surface area contributed by atoms with Crippen LogP contribution in [0.4, 0.5) is 5.69 Å². The molecule has 98 valence electrons. The van der Waals surface area contributed by atoms with Crippen LogP contribution in [0, 0.1) is 5.92 Å². The van der Waals surface area contributed by atoms with Gasteiger partial charge in [0.15, 0.2) is 0 Å². The van der Waals surface area contributed by atoms with E-state index >= 15 is 0 Å². The number of para-hydroxylation sites is 1. The monoisotopic (exact) mass is 244 g/mol. The Hall–Kier alpha value is -1.02. The second-order valence-corrected chi connectivity index (χ2v) is 5.93. The molecule has 1 heterocycles. The fourth-order valence-electron chi connectivity index (χ4n) is 3.49. The first-order valence-corrected chi connectivity index (χ1v) is 7.37. The summed E-state index contributed by atoms with van der Waals surface area (Å²) in [5.74, 6) is 0.946. The topological polar surface area (TPSA) is 6.48 Å². The smallest absolute Gasteiger partial charge is 0.0367 e. The predicted octanol–water partition coefficient (Wildman–Crippen LogP) is 3.00. The molecule has 0 bridgehead atoms. The van der Waals surface area contributed by atoms with Gasteiger partial charge in [-0.25, -0.2) is 0 Å². The molecule has 1 aromatic rings. The predicted molar refractivity (Wildman–Crippen MR) is 77.0 cm³/mol. The Bertz CT molecular complexity index is 368. The average molecular weight is 244 g/mol. The third-order valence-corrected chi connectivity index (χ3v) is 4.62. The third kappa shape index (κ3) is 2.54. The molecule has 2 heteroatoms. The number of piperazine rings is 1. The molecule has 1 aromatic carbocycles. The second-order valence-electron chi connectivity index (χ2n) is 5.93. The van der Waals surface area contributed by atoms with Gasteiger partial charge >= 0.3 is 0 Å². The fourth-order valence-corrected chi connectivity index (χ4v) is 3.49. The second kappa shape index (κ2) is 5.31. The molecule has 0 radical (unpaired) electrons. The van der Waals surface area contributed by atoms with Crippen molar-refractivity contribution in [3.63, 3.8) is 0 Å². The van der Waals surface area contributed by atoms with E-state index < -0.39 is 0 Å². The van der Waals surface area contributed by atoms with Gasteiger partial charge in [-0.1, -0.05) is 25.1 Å². The molecule has 0 amide bonds. The Morgan fingerprint density at radius 3 is 2.28 bits per heavy atom. The molecule has 18 heavy (non-hydrogen) atoms. The molecular weight excluding hydrogens is 220 g/mol. The number of anilines is 1. The van der Waals surface area contributed by atoms with Gasteiger partial charge in [0.2, 0.25) is 0 Å². The number of hydrogen-bond acceptors (Lipinski definition) is 2. The normalized spacial score (nSPS) is 29.7. The summed E-state index contributed by atoms with van der Waals surface area (Å²) in [6, 6.07) is 11.7. The number of benzene rings is 1. The quantitative estimate of drug-likeness (QED) is 0.789. The summed E-state index contributed by atoms with van der Waals surface area (Å²) in [6.07, 6.45) is 4.28. The molecule has 2 aliphatic rings. The molecule has 0 aromatic heterocycles. The maximum Gasteiger partial charge on any atom is 0.0367 e. The van der Waals surface area contributed by atoms with Crippen molar-refractivity contribution >= 4 is 5.69 Å². The van der Waals surface area contributed by atoms with Crippen molar-refractivity contribution in [2.45, 2.75) is 32.2 Å². The maximum atomic E-state index is 2.73. The van der Waals surface area contributed by atoms with Crippen LogP contribution in [0.3, 0.4) is 0 Å². The van der Waals surface area contributed by atoms with E-state index in [-0.39, 0.29) is 0 Å². The van der Waals surface area contributed by atoms with Crippen LogP contribution in [-0.2, 0) is 0 Å². The van der Waals surface area contributed by atoms with Crippen LogP contribution >= 0.6 is 0 Å². The van der Waals surface area contributed by atoms with Crippen molar-refractivity contribution in [2.75, 3.05) is 31.1 Å². The number of rotatable bonds is 2. The average Bonchev–Trinajstić information content (AvgIpc) is 2.87. The molecule has 2 fully saturated rings. The lowest BCUT2D eigenvalue weighted by molar-refractivity contribution is 0.184. The Kier molecular flexibility index (Phi) is 3.55. The Labute approximate surface area is 111 Å². The highest BCUT2D eigenvalue weighted by Gasteiger charge is 2.29. The first kappa shape index (κ1) is 12.0. The molecular formula is C16H24N2. The van der Waals surface area contributed by atoms with Crippen LogP contribution in [0.2, 0.25) is 0 Å². The van der Waals surface area contributed by atoms with Gasteiger partial charge in [0, 0.05) is 37.9 Å². The molecule has 1 saturated heterocycles. The third-order valence-electron chi connectivity index (χ3n) is 4.62. The molecule has 1 aliphatic heterocycles. The van der Waals surface area contributed by atoms with E-state index in [0.29, 0.717) is 0 Å². The summed E-state index contributed by atoms with van der Waals surface area (Å²) in [5.41, 5.74) is 1.39. The molecule has 0 N–H and O–H groups in total. The summed E-state index contributed by atoms with van der Waals surface area (Å²) < 4.78 is 0. The molecule has 2 nitrogen and oxygen atoms in total. The number of hydrogen-bond donors (Lipinski definition) is 0. The van der Waals surface area contributed by atoms with Gasteiger partial charge in [-0.15, -0.1) is 0 Å². The first-order valence-electron chi connectivity index (χ1n) is 7.37. The summed E-state index contributed by atoms with van der Waals surface area (Å²) in [5, 5.41) is 0. The van der Waals surface area contributed by atoms with Crippen molar-refractivity contribution in [2.24, 2.45) is 5.92 Å². The molecule has 1 saturated carbocycles. The lowest BCUT2D eigenvalue weighted by Gasteiger charge is -2.39. The van der Waals surface area contributed by atoms with Crippen LogP contribution in [0.5, 0.6) is 0 Å². The lowest BCUT2D eigenvalue weighted by Crippen LogP contribution is -2.49. The summed E-state index contributed by atoms with van der Waals surface area (Å²) >= 11 is 0. The SMILES string of the molecule is C[C@@H]1CC[C@H](N2CCN(c3ccccc3)CC2)C1. The van der Waals surface area contributed by atoms with Gasteiger partial charge in [-0.3, -0.25) is 4.90 Å². The van der Waals surface area contributed by atoms with Crippen molar-refractivity contribution in [1.82, 2.24) is 4.90 Å². The molecule has 0 spiro atoms.